The first-order valence-electron chi connectivity index (χ1n) is 7.54. The fraction of sp³-hybridized carbons (Fsp3) is 0.312. The quantitative estimate of drug-likeness (QED) is 0.887. The van der Waals surface area contributed by atoms with Gasteiger partial charge in [0.2, 0.25) is 5.91 Å². The molecule has 1 fully saturated rings. The molecule has 1 atom stereocenters. The van der Waals surface area contributed by atoms with Gasteiger partial charge in [-0.2, -0.15) is 0 Å². The van der Waals surface area contributed by atoms with Crippen LogP contribution in [0.2, 0.25) is 0 Å². The summed E-state index contributed by atoms with van der Waals surface area (Å²) in [7, 11) is 0. The van der Waals surface area contributed by atoms with E-state index in [1.165, 1.54) is 0 Å². The van der Waals surface area contributed by atoms with E-state index in [1.54, 1.807) is 4.90 Å². The van der Waals surface area contributed by atoms with E-state index in [1.807, 2.05) is 31.2 Å². The van der Waals surface area contributed by atoms with Crippen molar-refractivity contribution in [2.24, 2.45) is 0 Å². The Balaban J connectivity index is 1.74. The Kier molecular flexibility index (Phi) is 3.07. The summed E-state index contributed by atoms with van der Waals surface area (Å²) in [4.78, 5) is 25.5. The lowest BCUT2D eigenvalue weighted by Crippen LogP contribution is -2.28. The maximum Gasteiger partial charge on any atom is 0.321 e. The second-order valence-corrected chi connectivity index (χ2v) is 5.83. The molecular formula is C16H16N4O3. The minimum absolute atomic E-state index is 0.0698. The lowest BCUT2D eigenvalue weighted by atomic mass is 9.88. The number of hydrogen-bond acceptors (Lipinski definition) is 4. The number of aryl methyl sites for hydroxylation is 1. The molecule has 2 N–H and O–H groups in total. The van der Waals surface area contributed by atoms with Crippen LogP contribution in [0.4, 0.5) is 16.2 Å². The van der Waals surface area contributed by atoms with Gasteiger partial charge in [0.05, 0.1) is 11.6 Å². The Hall–Kier alpha value is -2.83. The zero-order valence-electron chi connectivity index (χ0n) is 12.6. The first-order valence-corrected chi connectivity index (χ1v) is 7.54. The first kappa shape index (κ1) is 13.8. The molecule has 23 heavy (non-hydrogen) atoms. The highest BCUT2D eigenvalue weighted by Gasteiger charge is 2.30. The molecule has 0 aliphatic carbocycles. The second-order valence-electron chi connectivity index (χ2n) is 5.83. The molecule has 1 aromatic carbocycles. The van der Waals surface area contributed by atoms with Gasteiger partial charge in [0.15, 0.2) is 0 Å². The predicted molar refractivity (Wildman–Crippen MR) is 83.5 cm³/mol. The maximum absolute atomic E-state index is 12.0. The predicted octanol–water partition coefficient (Wildman–Crippen LogP) is 1.99. The second kappa shape index (κ2) is 5.12. The van der Waals surface area contributed by atoms with Crippen molar-refractivity contribution >= 4 is 23.3 Å². The molecule has 0 radical (unpaired) electrons. The lowest BCUT2D eigenvalue weighted by molar-refractivity contribution is -0.116. The minimum Gasteiger partial charge on any atom is -0.360 e. The summed E-state index contributed by atoms with van der Waals surface area (Å²) in [5.74, 6) is 0.464. The molecular weight excluding hydrogens is 296 g/mol. The Morgan fingerprint density at radius 2 is 2.17 bits per heavy atom. The van der Waals surface area contributed by atoms with Crippen molar-refractivity contribution in [3.05, 3.63) is 41.3 Å². The van der Waals surface area contributed by atoms with Gasteiger partial charge in [0.1, 0.15) is 5.76 Å². The van der Waals surface area contributed by atoms with Crippen molar-refractivity contribution < 1.29 is 14.1 Å². The Bertz CT molecular complexity index is 798. The largest absolute Gasteiger partial charge is 0.360 e. The molecule has 2 aliphatic rings. The van der Waals surface area contributed by atoms with Crippen LogP contribution in [0.1, 0.15) is 29.4 Å². The topological polar surface area (TPSA) is 87.5 Å². The smallest absolute Gasteiger partial charge is 0.321 e. The van der Waals surface area contributed by atoms with Gasteiger partial charge < -0.3 is 15.2 Å². The number of hydrogen-bond donors (Lipinski definition) is 2. The summed E-state index contributed by atoms with van der Waals surface area (Å²) >= 11 is 0. The number of carbonyl (C=O) groups excluding carboxylic acids is 2. The number of urea groups is 1. The minimum atomic E-state index is -0.151. The molecule has 0 bridgehead atoms. The van der Waals surface area contributed by atoms with Crippen LogP contribution < -0.4 is 15.5 Å². The average molecular weight is 312 g/mol. The summed E-state index contributed by atoms with van der Waals surface area (Å²) in [6.45, 7) is 3.10. The van der Waals surface area contributed by atoms with E-state index in [4.69, 9.17) is 4.52 Å². The SMILES string of the molecule is Cc1cc(C2CC(=O)Nc3cc(N4CCNC4=O)ccc32)on1. The summed E-state index contributed by atoms with van der Waals surface area (Å²) in [5, 5.41) is 9.57. The van der Waals surface area contributed by atoms with Gasteiger partial charge in [-0.1, -0.05) is 11.2 Å². The molecule has 4 rings (SSSR count). The van der Waals surface area contributed by atoms with E-state index in [9.17, 15) is 9.59 Å². The highest BCUT2D eigenvalue weighted by atomic mass is 16.5. The molecule has 2 aromatic rings. The van der Waals surface area contributed by atoms with E-state index >= 15 is 0 Å². The van der Waals surface area contributed by atoms with Gasteiger partial charge in [-0.05, 0) is 24.6 Å². The summed E-state index contributed by atoms with van der Waals surface area (Å²) < 4.78 is 5.35. The van der Waals surface area contributed by atoms with Crippen LogP contribution in [0.5, 0.6) is 0 Å². The molecule has 0 spiro atoms. The number of carbonyl (C=O) groups is 2. The van der Waals surface area contributed by atoms with Crippen LogP contribution in [0, 0.1) is 6.92 Å². The van der Waals surface area contributed by atoms with E-state index in [0.717, 1.165) is 22.6 Å². The highest BCUT2D eigenvalue weighted by molar-refractivity contribution is 5.98. The molecule has 1 saturated heterocycles. The number of aromatic nitrogens is 1. The molecule has 1 aromatic heterocycles. The molecule has 0 saturated carbocycles. The lowest BCUT2D eigenvalue weighted by Gasteiger charge is -2.25. The number of fused-ring (bicyclic) bond motifs is 1. The van der Waals surface area contributed by atoms with Crippen LogP contribution in [0.15, 0.2) is 28.8 Å². The summed E-state index contributed by atoms with van der Waals surface area (Å²) in [6, 6.07) is 7.42. The van der Waals surface area contributed by atoms with Gasteiger partial charge in [-0.15, -0.1) is 0 Å². The van der Waals surface area contributed by atoms with E-state index < -0.39 is 0 Å². The molecule has 7 nitrogen and oxygen atoms in total. The number of anilines is 2. The third-order valence-corrected chi connectivity index (χ3v) is 4.23. The van der Waals surface area contributed by atoms with E-state index in [2.05, 4.69) is 15.8 Å². The van der Waals surface area contributed by atoms with Crippen molar-refractivity contribution in [3.8, 4) is 0 Å². The van der Waals surface area contributed by atoms with Gasteiger partial charge in [-0.3, -0.25) is 9.69 Å². The van der Waals surface area contributed by atoms with Gasteiger partial charge >= 0.3 is 6.03 Å². The monoisotopic (exact) mass is 312 g/mol. The van der Waals surface area contributed by atoms with Crippen molar-refractivity contribution in [3.63, 3.8) is 0 Å². The summed E-state index contributed by atoms with van der Waals surface area (Å²) in [6.07, 6.45) is 0.325. The molecule has 1 unspecified atom stereocenters. The number of benzene rings is 1. The van der Waals surface area contributed by atoms with Gasteiger partial charge in [0, 0.05) is 37.0 Å². The van der Waals surface area contributed by atoms with Gasteiger partial charge in [-0.25, -0.2) is 4.79 Å². The maximum atomic E-state index is 12.0. The fourth-order valence-electron chi connectivity index (χ4n) is 3.14. The van der Waals surface area contributed by atoms with Crippen LogP contribution >= 0.6 is 0 Å². The van der Waals surface area contributed by atoms with Crippen LogP contribution in [-0.4, -0.2) is 30.2 Å². The van der Waals surface area contributed by atoms with Crippen molar-refractivity contribution in [1.29, 1.82) is 0 Å². The number of nitrogens with zero attached hydrogens (tertiary/aromatic N) is 2. The van der Waals surface area contributed by atoms with Crippen molar-refractivity contribution in [2.45, 2.75) is 19.3 Å². The van der Waals surface area contributed by atoms with Crippen LogP contribution in [0.25, 0.3) is 0 Å². The highest BCUT2D eigenvalue weighted by Crippen LogP contribution is 2.39. The average Bonchev–Trinajstić information content (AvgIpc) is 3.14. The molecule has 7 heteroatoms. The number of amides is 3. The third kappa shape index (κ3) is 2.34. The first-order chi connectivity index (χ1) is 11.1. The summed E-state index contributed by atoms with van der Waals surface area (Å²) in [5.41, 5.74) is 3.26. The van der Waals surface area contributed by atoms with Gasteiger partial charge in [0.25, 0.3) is 0 Å². The van der Waals surface area contributed by atoms with Crippen LogP contribution in [-0.2, 0) is 4.79 Å². The normalized spacial score (nSPS) is 20.2. The van der Waals surface area contributed by atoms with Crippen molar-refractivity contribution in [2.75, 3.05) is 23.3 Å². The zero-order valence-corrected chi connectivity index (χ0v) is 12.6. The fourth-order valence-corrected chi connectivity index (χ4v) is 3.14. The molecule has 118 valence electrons. The molecule has 3 amide bonds. The van der Waals surface area contributed by atoms with E-state index in [-0.39, 0.29) is 17.9 Å². The Morgan fingerprint density at radius 3 is 2.87 bits per heavy atom. The third-order valence-electron chi connectivity index (χ3n) is 4.23. The molecule has 3 heterocycles. The Morgan fingerprint density at radius 1 is 1.30 bits per heavy atom. The molecule has 2 aliphatic heterocycles. The zero-order chi connectivity index (χ0) is 16.0. The van der Waals surface area contributed by atoms with E-state index in [0.29, 0.717) is 25.3 Å². The standard InChI is InChI=1S/C16H16N4O3/c1-9-6-14(23-19-9)12-8-15(21)18-13-7-10(2-3-11(12)13)20-5-4-17-16(20)22/h2-3,6-7,12H,4-5,8H2,1H3,(H,17,22)(H,18,21). The van der Waals surface area contributed by atoms with Crippen LogP contribution in [0.3, 0.4) is 0 Å². The number of rotatable bonds is 2. The van der Waals surface area contributed by atoms with Crippen molar-refractivity contribution in [1.82, 2.24) is 10.5 Å². The Labute approximate surface area is 132 Å². The number of nitrogens with one attached hydrogen (secondary N) is 2.